The monoisotopic (exact) mass is 420 g/mol. The largest absolute Gasteiger partial charge is 0.468 e. The van der Waals surface area contributed by atoms with Crippen molar-refractivity contribution in [2.45, 2.75) is 30.6 Å². The van der Waals surface area contributed by atoms with Crippen molar-refractivity contribution in [3.8, 4) is 0 Å². The van der Waals surface area contributed by atoms with E-state index in [0.29, 0.717) is 0 Å². The number of carbonyl (C=O) groups excluding carboxylic acids is 1. The van der Waals surface area contributed by atoms with Gasteiger partial charge in [0.1, 0.15) is 4.83 Å². The van der Waals surface area contributed by atoms with Crippen molar-refractivity contribution in [3.05, 3.63) is 60.7 Å². The molecule has 0 aliphatic carbocycles. The number of hydrogen-bond donors (Lipinski definition) is 0. The first kappa shape index (κ1) is 19.9. The second-order valence-electron chi connectivity index (χ2n) is 6.96. The lowest BCUT2D eigenvalue weighted by Gasteiger charge is -2.43. The average Bonchev–Trinajstić information content (AvgIpc) is 2.62. The first-order valence-electron chi connectivity index (χ1n) is 8.30. The van der Waals surface area contributed by atoms with Gasteiger partial charge >= 0.3 is 5.97 Å². The second-order valence-corrected chi connectivity index (χ2v) is 12.4. The Morgan fingerprint density at radius 3 is 1.80 bits per heavy atom. The SMILES string of the molecule is COC(=O)[C@H](Br)CO[Si](c1ccccc1)(c1ccccc1)C(C)(C)C. The Hall–Kier alpha value is -1.43. The normalized spacial score (nSPS) is 13.3. The molecule has 2 aromatic rings. The fourth-order valence-electron chi connectivity index (χ4n) is 3.16. The molecule has 0 aromatic heterocycles. The van der Waals surface area contributed by atoms with Crippen molar-refractivity contribution < 1.29 is 14.0 Å². The summed E-state index contributed by atoms with van der Waals surface area (Å²) in [5.41, 5.74) is 0. The number of halogens is 1. The minimum atomic E-state index is -2.61. The lowest BCUT2D eigenvalue weighted by molar-refractivity contribution is -0.140. The molecule has 25 heavy (non-hydrogen) atoms. The first-order valence-corrected chi connectivity index (χ1v) is 11.1. The van der Waals surface area contributed by atoms with Crippen LogP contribution < -0.4 is 10.4 Å². The molecular weight excluding hydrogens is 396 g/mol. The molecule has 0 heterocycles. The topological polar surface area (TPSA) is 35.5 Å². The van der Waals surface area contributed by atoms with Gasteiger partial charge in [-0.3, -0.25) is 4.79 Å². The molecular formula is C20H25BrO3Si. The molecule has 2 rings (SSSR count). The van der Waals surface area contributed by atoms with E-state index in [-0.39, 0.29) is 17.6 Å². The molecule has 3 nitrogen and oxygen atoms in total. The number of alkyl halides is 1. The second kappa shape index (κ2) is 8.30. The van der Waals surface area contributed by atoms with Crippen molar-refractivity contribution >= 4 is 40.6 Å². The van der Waals surface area contributed by atoms with E-state index in [4.69, 9.17) is 9.16 Å². The van der Waals surface area contributed by atoms with Gasteiger partial charge in [-0.05, 0) is 15.4 Å². The molecule has 0 bridgehead atoms. The Morgan fingerprint density at radius 1 is 1.00 bits per heavy atom. The van der Waals surface area contributed by atoms with E-state index in [1.54, 1.807) is 0 Å². The fraction of sp³-hybridized carbons (Fsp3) is 0.350. The molecule has 0 spiro atoms. The van der Waals surface area contributed by atoms with Crippen LogP contribution in [0.5, 0.6) is 0 Å². The maximum atomic E-state index is 11.8. The molecule has 0 saturated carbocycles. The number of benzene rings is 2. The number of hydrogen-bond acceptors (Lipinski definition) is 3. The maximum absolute atomic E-state index is 11.8. The number of rotatable bonds is 6. The zero-order valence-corrected chi connectivity index (χ0v) is 17.7. The van der Waals surface area contributed by atoms with Gasteiger partial charge in [-0.25, -0.2) is 0 Å². The average molecular weight is 421 g/mol. The summed E-state index contributed by atoms with van der Waals surface area (Å²) in [6, 6.07) is 20.7. The van der Waals surface area contributed by atoms with Crippen LogP contribution in [0.25, 0.3) is 0 Å². The van der Waals surface area contributed by atoms with Crippen molar-refractivity contribution in [3.63, 3.8) is 0 Å². The predicted octanol–water partition coefficient (Wildman–Crippen LogP) is 3.50. The lowest BCUT2D eigenvalue weighted by atomic mass is 10.2. The van der Waals surface area contributed by atoms with Crippen LogP contribution in [-0.4, -0.2) is 32.8 Å². The molecule has 0 radical (unpaired) electrons. The van der Waals surface area contributed by atoms with Crippen LogP contribution in [0.1, 0.15) is 20.8 Å². The fourth-order valence-corrected chi connectivity index (χ4v) is 8.29. The Bertz CT molecular complexity index is 644. The number of ether oxygens (including phenoxy) is 1. The van der Waals surface area contributed by atoms with Gasteiger partial charge in [0.2, 0.25) is 0 Å². The summed E-state index contributed by atoms with van der Waals surface area (Å²) in [6.45, 7) is 6.89. The number of methoxy groups -OCH3 is 1. The summed E-state index contributed by atoms with van der Waals surface area (Å²) in [4.78, 5) is 11.3. The summed E-state index contributed by atoms with van der Waals surface area (Å²) in [5.74, 6) is -0.321. The van der Waals surface area contributed by atoms with Gasteiger partial charge < -0.3 is 9.16 Å². The molecule has 0 amide bonds. The quantitative estimate of drug-likeness (QED) is 0.407. The van der Waals surface area contributed by atoms with Gasteiger partial charge in [-0.1, -0.05) is 97.4 Å². The van der Waals surface area contributed by atoms with E-state index in [1.165, 1.54) is 17.5 Å². The standard InChI is InChI=1S/C20H25BrO3Si/c1-20(2,3)25(16-11-7-5-8-12-16,17-13-9-6-10-14-17)24-15-18(21)19(22)23-4/h5-14,18H,15H2,1-4H3/t18-/m1/s1. The van der Waals surface area contributed by atoms with Crippen LogP contribution in [0.2, 0.25) is 5.04 Å². The molecule has 0 unspecified atom stereocenters. The van der Waals surface area contributed by atoms with E-state index in [0.717, 1.165) is 0 Å². The van der Waals surface area contributed by atoms with Crippen LogP contribution in [-0.2, 0) is 14.0 Å². The third-order valence-electron chi connectivity index (χ3n) is 4.32. The Labute approximate surface area is 159 Å². The van der Waals surface area contributed by atoms with Gasteiger partial charge in [-0.2, -0.15) is 0 Å². The van der Waals surface area contributed by atoms with E-state index < -0.39 is 13.1 Å². The van der Waals surface area contributed by atoms with E-state index >= 15 is 0 Å². The minimum Gasteiger partial charge on any atom is -0.468 e. The molecule has 0 saturated heterocycles. The van der Waals surface area contributed by atoms with Crippen LogP contribution >= 0.6 is 15.9 Å². The highest BCUT2D eigenvalue weighted by Gasteiger charge is 2.50. The molecule has 5 heteroatoms. The summed E-state index contributed by atoms with van der Waals surface area (Å²) in [6.07, 6.45) is 0. The van der Waals surface area contributed by atoms with Crippen molar-refractivity contribution in [1.82, 2.24) is 0 Å². The zero-order chi connectivity index (χ0) is 18.5. The lowest BCUT2D eigenvalue weighted by Crippen LogP contribution is -2.67. The minimum absolute atomic E-state index is 0.113. The molecule has 2 aromatic carbocycles. The first-order chi connectivity index (χ1) is 11.8. The van der Waals surface area contributed by atoms with Crippen LogP contribution in [0, 0.1) is 0 Å². The summed E-state index contributed by atoms with van der Waals surface area (Å²) < 4.78 is 11.5. The highest BCUT2D eigenvalue weighted by Crippen LogP contribution is 2.37. The predicted molar refractivity (Wildman–Crippen MR) is 108 cm³/mol. The highest BCUT2D eigenvalue weighted by atomic mass is 79.9. The van der Waals surface area contributed by atoms with Gasteiger partial charge in [0.05, 0.1) is 13.7 Å². The molecule has 0 fully saturated rings. The molecule has 1 atom stereocenters. The smallest absolute Gasteiger partial charge is 0.321 e. The molecule has 0 N–H and O–H groups in total. The molecule has 134 valence electrons. The Morgan fingerprint density at radius 2 is 1.44 bits per heavy atom. The van der Waals surface area contributed by atoms with Crippen LogP contribution in [0.3, 0.4) is 0 Å². The third-order valence-corrected chi connectivity index (χ3v) is 9.96. The van der Waals surface area contributed by atoms with Gasteiger partial charge in [0.25, 0.3) is 8.32 Å². The summed E-state index contributed by atoms with van der Waals surface area (Å²) >= 11 is 3.39. The van der Waals surface area contributed by atoms with E-state index in [9.17, 15) is 4.79 Å². The Balaban J connectivity index is 2.55. The van der Waals surface area contributed by atoms with Crippen molar-refractivity contribution in [2.24, 2.45) is 0 Å². The van der Waals surface area contributed by atoms with Gasteiger partial charge in [0.15, 0.2) is 0 Å². The summed E-state index contributed by atoms with van der Waals surface area (Å²) in [5, 5.41) is 2.27. The molecule has 0 aliphatic heterocycles. The van der Waals surface area contributed by atoms with Gasteiger partial charge in [0, 0.05) is 0 Å². The molecule has 0 aliphatic rings. The van der Waals surface area contributed by atoms with Crippen LogP contribution in [0.15, 0.2) is 60.7 Å². The number of carbonyl (C=O) groups is 1. The van der Waals surface area contributed by atoms with E-state index in [2.05, 4.69) is 61.0 Å². The highest BCUT2D eigenvalue weighted by molar-refractivity contribution is 9.10. The number of esters is 1. The van der Waals surface area contributed by atoms with Gasteiger partial charge in [-0.15, -0.1) is 0 Å². The third kappa shape index (κ3) is 4.22. The van der Waals surface area contributed by atoms with E-state index in [1.807, 2.05) is 36.4 Å². The van der Waals surface area contributed by atoms with Crippen LogP contribution in [0.4, 0.5) is 0 Å². The maximum Gasteiger partial charge on any atom is 0.321 e. The zero-order valence-electron chi connectivity index (χ0n) is 15.2. The summed E-state index contributed by atoms with van der Waals surface area (Å²) in [7, 11) is -1.22. The van der Waals surface area contributed by atoms with Crippen molar-refractivity contribution in [1.29, 1.82) is 0 Å². The van der Waals surface area contributed by atoms with Crippen molar-refractivity contribution in [2.75, 3.05) is 13.7 Å². The Kier molecular flexibility index (Phi) is 6.60.